The molecule has 1 aromatic carbocycles. The molecule has 0 heterocycles. The minimum atomic E-state index is -0.104. The topological polar surface area (TPSA) is 55.1 Å². The van der Waals surface area contributed by atoms with Crippen LogP contribution in [0.4, 0.5) is 5.69 Å². The monoisotopic (exact) mass is 294 g/mol. The van der Waals surface area contributed by atoms with Gasteiger partial charge in [-0.2, -0.15) is 0 Å². The highest BCUT2D eigenvalue weighted by Gasteiger charge is 2.20. The van der Waals surface area contributed by atoms with Gasteiger partial charge < -0.3 is 11.1 Å². The van der Waals surface area contributed by atoms with Gasteiger partial charge in [0.2, 0.25) is 0 Å². The summed E-state index contributed by atoms with van der Waals surface area (Å²) >= 11 is 6.04. The zero-order valence-electron chi connectivity index (χ0n) is 12.0. The molecule has 4 heteroatoms. The standard InChI is InChI=1S/C16H23ClN2O/c1-2-11-3-5-12(6-4-11)10-19-16(20)14-8-7-13(18)9-15(14)17/h7-9,11-12H,2-6,10,18H2,1H3,(H,19,20). The van der Waals surface area contributed by atoms with E-state index in [0.717, 1.165) is 12.5 Å². The fourth-order valence-electron chi connectivity index (χ4n) is 2.89. The lowest BCUT2D eigenvalue weighted by molar-refractivity contribution is 0.0941. The van der Waals surface area contributed by atoms with Crippen LogP contribution < -0.4 is 11.1 Å². The third kappa shape index (κ3) is 3.89. The van der Waals surface area contributed by atoms with Crippen LogP contribution in [0.1, 0.15) is 49.4 Å². The molecule has 0 radical (unpaired) electrons. The van der Waals surface area contributed by atoms with Gasteiger partial charge in [-0.1, -0.05) is 37.8 Å². The molecule has 20 heavy (non-hydrogen) atoms. The van der Waals surface area contributed by atoms with Gasteiger partial charge in [-0.15, -0.1) is 0 Å². The molecule has 0 saturated heterocycles. The number of nitrogens with two attached hydrogens (primary N) is 1. The third-order valence-corrected chi connectivity index (χ3v) is 4.65. The number of hydrogen-bond donors (Lipinski definition) is 2. The van der Waals surface area contributed by atoms with Crippen molar-refractivity contribution < 1.29 is 4.79 Å². The highest BCUT2D eigenvalue weighted by atomic mass is 35.5. The Morgan fingerprint density at radius 3 is 2.55 bits per heavy atom. The fraction of sp³-hybridized carbons (Fsp3) is 0.562. The lowest BCUT2D eigenvalue weighted by Crippen LogP contribution is -2.31. The minimum Gasteiger partial charge on any atom is -0.399 e. The molecule has 0 unspecified atom stereocenters. The first-order valence-electron chi connectivity index (χ1n) is 7.43. The van der Waals surface area contributed by atoms with Crippen LogP contribution in [0.3, 0.4) is 0 Å². The zero-order chi connectivity index (χ0) is 14.5. The summed E-state index contributed by atoms with van der Waals surface area (Å²) < 4.78 is 0. The van der Waals surface area contributed by atoms with Crippen LogP contribution >= 0.6 is 11.6 Å². The average molecular weight is 295 g/mol. The summed E-state index contributed by atoms with van der Waals surface area (Å²) in [6.45, 7) is 3.01. The van der Waals surface area contributed by atoms with Crippen molar-refractivity contribution >= 4 is 23.2 Å². The molecule has 1 fully saturated rings. The van der Waals surface area contributed by atoms with Crippen molar-refractivity contribution in [3.63, 3.8) is 0 Å². The molecule has 0 spiro atoms. The van der Waals surface area contributed by atoms with Crippen LogP contribution in [0.2, 0.25) is 5.02 Å². The summed E-state index contributed by atoms with van der Waals surface area (Å²) in [6, 6.07) is 5.00. The van der Waals surface area contributed by atoms with Crippen LogP contribution in [0.5, 0.6) is 0 Å². The van der Waals surface area contributed by atoms with Gasteiger partial charge in [0, 0.05) is 12.2 Å². The second-order valence-electron chi connectivity index (χ2n) is 5.74. The van der Waals surface area contributed by atoms with Gasteiger partial charge in [-0.25, -0.2) is 0 Å². The van der Waals surface area contributed by atoms with Crippen LogP contribution in [-0.2, 0) is 0 Å². The van der Waals surface area contributed by atoms with Crippen molar-refractivity contribution in [1.29, 1.82) is 0 Å². The molecule has 0 atom stereocenters. The molecule has 1 aromatic rings. The largest absolute Gasteiger partial charge is 0.399 e. The van der Waals surface area contributed by atoms with Crippen molar-refractivity contribution in [3.8, 4) is 0 Å². The summed E-state index contributed by atoms with van der Waals surface area (Å²) in [4.78, 5) is 12.1. The average Bonchev–Trinajstić information content (AvgIpc) is 2.45. The van der Waals surface area contributed by atoms with Crippen molar-refractivity contribution in [3.05, 3.63) is 28.8 Å². The predicted octanol–water partition coefficient (Wildman–Crippen LogP) is 3.87. The van der Waals surface area contributed by atoms with E-state index in [0.29, 0.717) is 22.2 Å². The summed E-state index contributed by atoms with van der Waals surface area (Å²) in [6.07, 6.45) is 6.29. The Morgan fingerprint density at radius 1 is 1.30 bits per heavy atom. The molecular weight excluding hydrogens is 272 g/mol. The highest BCUT2D eigenvalue weighted by Crippen LogP contribution is 2.30. The van der Waals surface area contributed by atoms with Crippen molar-refractivity contribution in [2.75, 3.05) is 12.3 Å². The number of benzene rings is 1. The van der Waals surface area contributed by atoms with Crippen LogP contribution in [0, 0.1) is 11.8 Å². The van der Waals surface area contributed by atoms with Gasteiger partial charge >= 0.3 is 0 Å². The molecule has 2 rings (SSSR count). The molecule has 1 amide bonds. The number of nitrogens with one attached hydrogen (secondary N) is 1. The van der Waals surface area contributed by atoms with E-state index in [1.165, 1.54) is 32.1 Å². The molecule has 3 nitrogen and oxygen atoms in total. The molecule has 1 saturated carbocycles. The number of halogens is 1. The van der Waals surface area contributed by atoms with Gasteiger partial charge in [0.1, 0.15) is 0 Å². The number of hydrogen-bond acceptors (Lipinski definition) is 2. The molecule has 1 aliphatic rings. The fourth-order valence-corrected chi connectivity index (χ4v) is 3.17. The number of amides is 1. The van der Waals surface area contributed by atoms with Crippen LogP contribution in [-0.4, -0.2) is 12.5 Å². The van der Waals surface area contributed by atoms with E-state index in [1.807, 2.05) is 0 Å². The maximum Gasteiger partial charge on any atom is 0.252 e. The first-order chi connectivity index (χ1) is 9.60. The van der Waals surface area contributed by atoms with E-state index in [-0.39, 0.29) is 5.91 Å². The van der Waals surface area contributed by atoms with Crippen molar-refractivity contribution in [2.24, 2.45) is 11.8 Å². The Morgan fingerprint density at radius 2 is 1.95 bits per heavy atom. The summed E-state index contributed by atoms with van der Waals surface area (Å²) in [5.41, 5.74) is 6.70. The molecule has 0 bridgehead atoms. The quantitative estimate of drug-likeness (QED) is 0.828. The van der Waals surface area contributed by atoms with Crippen molar-refractivity contribution in [2.45, 2.75) is 39.0 Å². The van der Waals surface area contributed by atoms with Gasteiger partial charge in [0.25, 0.3) is 5.91 Å². The van der Waals surface area contributed by atoms with Gasteiger partial charge in [-0.05, 0) is 42.9 Å². The predicted molar refractivity (Wildman–Crippen MR) is 83.9 cm³/mol. The van der Waals surface area contributed by atoms with E-state index in [9.17, 15) is 4.79 Å². The normalized spacial score (nSPS) is 22.5. The zero-order valence-corrected chi connectivity index (χ0v) is 12.7. The SMILES string of the molecule is CCC1CCC(CNC(=O)c2ccc(N)cc2Cl)CC1. The number of nitrogen functional groups attached to an aromatic ring is 1. The molecular formula is C16H23ClN2O. The number of carbonyl (C=O) groups is 1. The first kappa shape index (κ1) is 15.2. The molecule has 3 N–H and O–H groups in total. The number of rotatable bonds is 4. The van der Waals surface area contributed by atoms with E-state index < -0.39 is 0 Å². The Labute approximate surface area is 125 Å². The second kappa shape index (κ2) is 6.98. The molecule has 0 aliphatic heterocycles. The smallest absolute Gasteiger partial charge is 0.252 e. The van der Waals surface area contributed by atoms with E-state index in [4.69, 9.17) is 17.3 Å². The lowest BCUT2D eigenvalue weighted by atomic mass is 9.81. The Kier molecular flexibility index (Phi) is 5.30. The maximum atomic E-state index is 12.1. The lowest BCUT2D eigenvalue weighted by Gasteiger charge is -2.27. The van der Waals surface area contributed by atoms with Gasteiger partial charge in [0.05, 0.1) is 10.6 Å². The summed E-state index contributed by atoms with van der Waals surface area (Å²) in [5.74, 6) is 1.38. The van der Waals surface area contributed by atoms with Gasteiger partial charge in [0.15, 0.2) is 0 Å². The molecule has 0 aromatic heterocycles. The Hall–Kier alpha value is -1.22. The summed E-state index contributed by atoms with van der Waals surface area (Å²) in [5, 5.41) is 3.41. The van der Waals surface area contributed by atoms with Gasteiger partial charge in [-0.3, -0.25) is 4.79 Å². The second-order valence-corrected chi connectivity index (χ2v) is 6.15. The third-order valence-electron chi connectivity index (χ3n) is 4.33. The number of anilines is 1. The highest BCUT2D eigenvalue weighted by molar-refractivity contribution is 6.34. The van der Waals surface area contributed by atoms with Crippen LogP contribution in [0.15, 0.2) is 18.2 Å². The number of carbonyl (C=O) groups excluding carboxylic acids is 1. The summed E-state index contributed by atoms with van der Waals surface area (Å²) in [7, 11) is 0. The van der Waals surface area contributed by atoms with E-state index in [1.54, 1.807) is 18.2 Å². The molecule has 110 valence electrons. The Balaban J connectivity index is 1.83. The first-order valence-corrected chi connectivity index (χ1v) is 7.81. The van der Waals surface area contributed by atoms with Crippen LogP contribution in [0.25, 0.3) is 0 Å². The maximum absolute atomic E-state index is 12.1. The minimum absolute atomic E-state index is 0.104. The molecule has 1 aliphatic carbocycles. The van der Waals surface area contributed by atoms with E-state index >= 15 is 0 Å². The van der Waals surface area contributed by atoms with E-state index in [2.05, 4.69) is 12.2 Å². The van der Waals surface area contributed by atoms with Crippen molar-refractivity contribution in [1.82, 2.24) is 5.32 Å². The Bertz CT molecular complexity index is 468.